The van der Waals surface area contributed by atoms with Gasteiger partial charge in [0.05, 0.1) is 11.9 Å². The summed E-state index contributed by atoms with van der Waals surface area (Å²) >= 11 is 2.15. The van der Waals surface area contributed by atoms with Gasteiger partial charge >= 0.3 is 0 Å². The lowest BCUT2D eigenvalue weighted by molar-refractivity contribution is -0.0256. The van der Waals surface area contributed by atoms with Gasteiger partial charge in [0.2, 0.25) is 0 Å². The molecule has 0 radical (unpaired) electrons. The molecule has 0 saturated carbocycles. The number of benzene rings is 1. The Morgan fingerprint density at radius 2 is 2.16 bits per heavy atom. The number of fused-ring (bicyclic) bond motifs is 2. The number of phenols is 1. The van der Waals surface area contributed by atoms with E-state index in [-0.39, 0.29) is 17.3 Å². The van der Waals surface area contributed by atoms with Gasteiger partial charge in [-0.05, 0) is 60.9 Å². The van der Waals surface area contributed by atoms with Crippen molar-refractivity contribution in [2.24, 2.45) is 5.92 Å². The van der Waals surface area contributed by atoms with Crippen molar-refractivity contribution in [3.8, 4) is 11.5 Å². The highest BCUT2D eigenvalue weighted by molar-refractivity contribution is 14.1. The van der Waals surface area contributed by atoms with Crippen molar-refractivity contribution in [2.45, 2.75) is 36.8 Å². The van der Waals surface area contributed by atoms with Gasteiger partial charge in [-0.3, -0.25) is 5.10 Å². The highest BCUT2D eigenvalue weighted by Crippen LogP contribution is 2.66. The third kappa shape index (κ3) is 1.79. The number of phenolic OH excluding ortho intramolecular Hbond substituents is 1. The number of aromatic nitrogens is 2. The van der Waals surface area contributed by atoms with Gasteiger partial charge in [0, 0.05) is 17.0 Å². The molecular formula is C19H22IN3O2. The largest absolute Gasteiger partial charge is 0.504 e. The molecule has 3 heterocycles. The number of likely N-dealkylation sites (tertiary alicyclic amines) is 1. The quantitative estimate of drug-likeness (QED) is 0.478. The van der Waals surface area contributed by atoms with Crippen LogP contribution in [0.2, 0.25) is 0 Å². The van der Waals surface area contributed by atoms with Crippen molar-refractivity contribution < 1.29 is 9.84 Å². The number of H-pyrrole nitrogens is 1. The number of nitrogens with zero attached hydrogens (tertiary/aromatic N) is 2. The van der Waals surface area contributed by atoms with E-state index in [9.17, 15) is 5.11 Å². The van der Waals surface area contributed by atoms with Gasteiger partial charge in [0.15, 0.2) is 17.6 Å². The first-order chi connectivity index (χ1) is 12.2. The summed E-state index contributed by atoms with van der Waals surface area (Å²) in [5.74, 6) is 1.54. The fourth-order valence-corrected chi connectivity index (χ4v) is 5.87. The van der Waals surface area contributed by atoms with Gasteiger partial charge < -0.3 is 14.7 Å². The van der Waals surface area contributed by atoms with Crippen LogP contribution in [0.1, 0.15) is 34.9 Å². The first-order valence-electron chi connectivity index (χ1n) is 8.82. The van der Waals surface area contributed by atoms with Crippen molar-refractivity contribution in [2.75, 3.05) is 18.5 Å². The molecule has 1 unspecified atom stereocenters. The normalized spacial score (nSPS) is 33.6. The fourth-order valence-electron chi connectivity index (χ4n) is 5.87. The number of hydrogen-bond acceptors (Lipinski definition) is 4. The standard InChI is InChI=1S/C18H19N3O2.CH3I/c1-21-5-4-18-11-6-10-8-19-20-15(10)17(18)23-16-13(22)3-2-9(14(16)18)7-12(11)21;1-2/h2-3,8,11-12,17,22H,4-7H2,1H3,(H,19,20);1H3/t11-,12+,17?,18-;/m0./s1. The van der Waals surface area contributed by atoms with E-state index in [0.717, 1.165) is 37.3 Å². The maximum Gasteiger partial charge on any atom is 0.166 e. The van der Waals surface area contributed by atoms with E-state index >= 15 is 0 Å². The SMILES string of the molecule is CI.CN1CC[C@]23c4c5ccc(O)c4OC2c2[nH]ncc2C[C@H]3[C@H]1C5. The second-order valence-electron chi connectivity index (χ2n) is 7.61. The van der Waals surface area contributed by atoms with E-state index < -0.39 is 0 Å². The van der Waals surface area contributed by atoms with Gasteiger partial charge in [-0.25, -0.2) is 0 Å². The van der Waals surface area contributed by atoms with Crippen LogP contribution in [0.5, 0.6) is 11.5 Å². The zero-order chi connectivity index (χ0) is 17.3. The molecule has 2 aliphatic heterocycles. The van der Waals surface area contributed by atoms with Crippen LogP contribution in [0.4, 0.5) is 0 Å². The Morgan fingerprint density at radius 1 is 1.32 bits per heavy atom. The number of aromatic hydroxyl groups is 1. The summed E-state index contributed by atoms with van der Waals surface area (Å²) in [5.41, 5.74) is 5.05. The van der Waals surface area contributed by atoms with E-state index in [1.165, 1.54) is 16.7 Å². The van der Waals surface area contributed by atoms with Crippen LogP contribution in [0.25, 0.3) is 0 Å². The number of alkyl halides is 1. The lowest BCUT2D eigenvalue weighted by atomic mass is 9.52. The first-order valence-corrected chi connectivity index (χ1v) is 11.0. The van der Waals surface area contributed by atoms with Crippen LogP contribution in [0.3, 0.4) is 0 Å². The molecule has 6 rings (SSSR count). The van der Waals surface area contributed by atoms with E-state index in [1.54, 1.807) is 6.07 Å². The van der Waals surface area contributed by atoms with E-state index in [4.69, 9.17) is 4.74 Å². The third-order valence-electron chi connectivity index (χ3n) is 6.85. The fraction of sp³-hybridized carbons (Fsp3) is 0.526. The van der Waals surface area contributed by atoms with Gasteiger partial charge in [0.1, 0.15) is 0 Å². The smallest absolute Gasteiger partial charge is 0.166 e. The number of nitrogens with one attached hydrogen (secondary N) is 1. The van der Waals surface area contributed by atoms with Crippen LogP contribution < -0.4 is 4.74 Å². The summed E-state index contributed by atoms with van der Waals surface area (Å²) in [6.07, 6.45) is 5.11. The molecule has 0 amide bonds. The molecule has 4 atom stereocenters. The van der Waals surface area contributed by atoms with Crippen LogP contribution in [0, 0.1) is 5.92 Å². The van der Waals surface area contributed by atoms with E-state index in [1.807, 2.05) is 11.1 Å². The zero-order valence-corrected chi connectivity index (χ0v) is 16.6. The summed E-state index contributed by atoms with van der Waals surface area (Å²) in [6, 6.07) is 4.44. The first kappa shape index (κ1) is 15.9. The summed E-state index contributed by atoms with van der Waals surface area (Å²) < 4.78 is 6.39. The minimum atomic E-state index is -0.0303. The Labute approximate surface area is 160 Å². The summed E-state index contributed by atoms with van der Waals surface area (Å²) in [5, 5.41) is 17.9. The Bertz CT molecular complexity index is 851. The molecular weight excluding hydrogens is 429 g/mol. The maximum atomic E-state index is 10.4. The molecule has 132 valence electrons. The van der Waals surface area contributed by atoms with Gasteiger partial charge in [-0.15, -0.1) is 0 Å². The molecule has 6 heteroatoms. The Kier molecular flexibility index (Phi) is 3.42. The molecule has 5 nitrogen and oxygen atoms in total. The molecule has 2 N–H and O–H groups in total. The van der Waals surface area contributed by atoms with Crippen molar-refractivity contribution in [1.82, 2.24) is 15.1 Å². The molecule has 2 aromatic rings. The van der Waals surface area contributed by atoms with Crippen LogP contribution in [-0.2, 0) is 18.3 Å². The van der Waals surface area contributed by atoms with Crippen molar-refractivity contribution in [3.05, 3.63) is 40.7 Å². The molecule has 1 fully saturated rings. The lowest BCUT2D eigenvalue weighted by Crippen LogP contribution is -2.62. The molecule has 2 bridgehead atoms. The number of hydrogen-bond donors (Lipinski definition) is 2. The average Bonchev–Trinajstić information content (AvgIpc) is 3.22. The number of halogens is 1. The number of aromatic amines is 1. The zero-order valence-electron chi connectivity index (χ0n) is 14.4. The number of piperidine rings is 1. The maximum absolute atomic E-state index is 10.4. The predicted molar refractivity (Wildman–Crippen MR) is 104 cm³/mol. The second kappa shape index (κ2) is 5.36. The van der Waals surface area contributed by atoms with Gasteiger partial charge in [-0.1, -0.05) is 28.7 Å². The molecule has 1 saturated heterocycles. The van der Waals surface area contributed by atoms with Crippen molar-refractivity contribution >= 4 is 22.6 Å². The molecule has 1 aromatic carbocycles. The Morgan fingerprint density at radius 3 is 3.00 bits per heavy atom. The molecule has 4 aliphatic rings. The highest BCUT2D eigenvalue weighted by Gasteiger charge is 2.64. The minimum Gasteiger partial charge on any atom is -0.504 e. The van der Waals surface area contributed by atoms with Crippen molar-refractivity contribution in [1.29, 1.82) is 0 Å². The highest BCUT2D eigenvalue weighted by atomic mass is 127. The topological polar surface area (TPSA) is 61.4 Å². The Balaban J connectivity index is 0.000000679. The van der Waals surface area contributed by atoms with Crippen LogP contribution in [-0.4, -0.2) is 44.8 Å². The van der Waals surface area contributed by atoms with Crippen LogP contribution in [0.15, 0.2) is 18.3 Å². The Hall–Kier alpha value is -1.28. The van der Waals surface area contributed by atoms with E-state index in [2.05, 4.69) is 50.8 Å². The number of rotatable bonds is 0. The summed E-state index contributed by atoms with van der Waals surface area (Å²) in [4.78, 5) is 4.49. The second-order valence-corrected chi connectivity index (χ2v) is 7.61. The lowest BCUT2D eigenvalue weighted by Gasteiger charge is -2.57. The monoisotopic (exact) mass is 451 g/mol. The van der Waals surface area contributed by atoms with E-state index in [0.29, 0.717) is 12.0 Å². The minimum absolute atomic E-state index is 0.00162. The summed E-state index contributed by atoms with van der Waals surface area (Å²) in [7, 11) is 2.25. The molecule has 1 aromatic heterocycles. The van der Waals surface area contributed by atoms with Crippen molar-refractivity contribution in [3.63, 3.8) is 0 Å². The average molecular weight is 451 g/mol. The van der Waals surface area contributed by atoms with Crippen LogP contribution >= 0.6 is 22.6 Å². The third-order valence-corrected chi connectivity index (χ3v) is 6.85. The molecule has 1 spiro atoms. The summed E-state index contributed by atoms with van der Waals surface area (Å²) in [6.45, 7) is 1.08. The molecule has 2 aliphatic carbocycles. The van der Waals surface area contributed by atoms with Gasteiger partial charge in [0.25, 0.3) is 0 Å². The predicted octanol–water partition coefficient (Wildman–Crippen LogP) is 2.97. The number of ether oxygens (including phenoxy) is 1. The molecule has 25 heavy (non-hydrogen) atoms. The number of likely N-dealkylation sites (N-methyl/N-ethyl adjacent to an activating group) is 1. The van der Waals surface area contributed by atoms with Gasteiger partial charge in [-0.2, -0.15) is 5.10 Å².